The van der Waals surface area contributed by atoms with Crippen molar-refractivity contribution in [1.29, 1.82) is 0 Å². The van der Waals surface area contributed by atoms with Crippen LogP contribution in [0.15, 0.2) is 29.2 Å². The van der Waals surface area contributed by atoms with Gasteiger partial charge in [0, 0.05) is 5.70 Å². The van der Waals surface area contributed by atoms with Crippen LogP contribution in [0.5, 0.6) is 0 Å². The summed E-state index contributed by atoms with van der Waals surface area (Å²) < 4.78 is 1.29. The minimum atomic E-state index is -0.370. The molecule has 0 bridgehead atoms. The quantitative estimate of drug-likeness (QED) is 0.760. The predicted octanol–water partition coefficient (Wildman–Crippen LogP) is 2.74. The largest absolute Gasteiger partial charge is 0.291 e. The van der Waals surface area contributed by atoms with E-state index in [1.54, 1.807) is 0 Å². The first-order chi connectivity index (χ1) is 7.20. The van der Waals surface area contributed by atoms with Crippen molar-refractivity contribution < 1.29 is 0 Å². The summed E-state index contributed by atoms with van der Waals surface area (Å²) in [6.07, 6.45) is 8.84. The highest BCUT2D eigenvalue weighted by atomic mass is 35.5. The molecule has 0 spiro atoms. The third kappa shape index (κ3) is 1.98. The summed E-state index contributed by atoms with van der Waals surface area (Å²) in [6, 6.07) is 0. The van der Waals surface area contributed by atoms with Gasteiger partial charge in [-0.2, -0.15) is 9.78 Å². The average molecular weight is 243 g/mol. The van der Waals surface area contributed by atoms with E-state index in [0.717, 1.165) is 18.5 Å². The maximum atomic E-state index is 11.7. The van der Waals surface area contributed by atoms with Crippen molar-refractivity contribution in [2.75, 3.05) is 0 Å². The van der Waals surface area contributed by atoms with Crippen LogP contribution in [-0.4, -0.2) is 9.78 Å². The Hall–Kier alpha value is -1.06. The number of aromatic nitrogens is 2. The van der Waals surface area contributed by atoms with E-state index < -0.39 is 0 Å². The van der Waals surface area contributed by atoms with Crippen molar-refractivity contribution in [1.82, 2.24) is 9.78 Å². The molecule has 0 unspecified atom stereocenters. The van der Waals surface area contributed by atoms with Crippen molar-refractivity contribution in [3.63, 3.8) is 0 Å². The topological polar surface area (TPSA) is 34.9 Å². The molecule has 1 aliphatic carbocycles. The number of hydrogen-bond acceptors (Lipinski definition) is 2. The molecule has 0 aromatic carbocycles. The average Bonchev–Trinajstić information content (AvgIpc) is 2.27. The first-order valence-corrected chi connectivity index (χ1v) is 5.25. The Bertz CT molecular complexity index is 503. The van der Waals surface area contributed by atoms with E-state index in [2.05, 4.69) is 5.10 Å². The Kier molecular flexibility index (Phi) is 2.93. The number of rotatable bonds is 1. The molecule has 0 N–H and O–H groups in total. The highest BCUT2D eigenvalue weighted by Gasteiger charge is 2.11. The lowest BCUT2D eigenvalue weighted by molar-refractivity contribution is 0.782. The zero-order valence-corrected chi connectivity index (χ0v) is 9.29. The Labute approximate surface area is 96.6 Å². The van der Waals surface area contributed by atoms with Gasteiger partial charge < -0.3 is 0 Å². The van der Waals surface area contributed by atoms with E-state index in [4.69, 9.17) is 23.2 Å². The Morgan fingerprint density at radius 3 is 2.87 bits per heavy atom. The van der Waals surface area contributed by atoms with Crippen molar-refractivity contribution in [2.24, 2.45) is 0 Å². The standard InChI is InChI=1S/C10H8Cl2N2O/c11-8-6-13-14(10(15)9(8)12)7-4-2-1-3-5-7/h1-2,4,6H,3,5H2. The van der Waals surface area contributed by atoms with Gasteiger partial charge in [-0.25, -0.2) is 0 Å². The van der Waals surface area contributed by atoms with Gasteiger partial charge in [0.1, 0.15) is 5.02 Å². The zero-order chi connectivity index (χ0) is 10.8. The van der Waals surface area contributed by atoms with Gasteiger partial charge in [-0.15, -0.1) is 0 Å². The van der Waals surface area contributed by atoms with Crippen molar-refractivity contribution in [3.05, 3.63) is 44.8 Å². The van der Waals surface area contributed by atoms with Gasteiger partial charge in [0.05, 0.1) is 11.2 Å². The maximum Gasteiger partial charge on any atom is 0.291 e. The van der Waals surface area contributed by atoms with Gasteiger partial charge in [-0.3, -0.25) is 4.79 Å². The summed E-state index contributed by atoms with van der Waals surface area (Å²) in [5.41, 5.74) is 0.465. The SMILES string of the molecule is O=c1c(Cl)c(Cl)cnn1C1=CC=CCC1. The molecule has 0 saturated carbocycles. The monoisotopic (exact) mass is 242 g/mol. The van der Waals surface area contributed by atoms with Gasteiger partial charge >= 0.3 is 0 Å². The van der Waals surface area contributed by atoms with Crippen LogP contribution >= 0.6 is 23.2 Å². The third-order valence-corrected chi connectivity index (χ3v) is 2.89. The fourth-order valence-electron chi connectivity index (χ4n) is 1.38. The maximum absolute atomic E-state index is 11.7. The minimum absolute atomic E-state index is 0.0159. The summed E-state index contributed by atoms with van der Waals surface area (Å²) in [5.74, 6) is 0. The molecule has 2 rings (SSSR count). The van der Waals surface area contributed by atoms with Gasteiger partial charge in [0.25, 0.3) is 5.56 Å². The molecule has 1 aromatic rings. The third-order valence-electron chi connectivity index (χ3n) is 2.14. The first kappa shape index (κ1) is 10.5. The van der Waals surface area contributed by atoms with Gasteiger partial charge in [0.2, 0.25) is 0 Å². The summed E-state index contributed by atoms with van der Waals surface area (Å²) in [5, 5.41) is 4.15. The Morgan fingerprint density at radius 2 is 2.20 bits per heavy atom. The molecular formula is C10H8Cl2N2O. The molecule has 0 saturated heterocycles. The molecule has 5 heteroatoms. The van der Waals surface area contributed by atoms with E-state index in [-0.39, 0.29) is 15.6 Å². The van der Waals surface area contributed by atoms with E-state index in [0.29, 0.717) is 0 Å². The number of nitrogens with zero attached hydrogens (tertiary/aromatic N) is 2. The molecule has 1 heterocycles. The summed E-state index contributed by atoms with van der Waals surface area (Å²) in [7, 11) is 0. The first-order valence-electron chi connectivity index (χ1n) is 4.49. The molecule has 3 nitrogen and oxygen atoms in total. The second kappa shape index (κ2) is 4.21. The fourth-order valence-corrected chi connectivity index (χ4v) is 1.64. The van der Waals surface area contributed by atoms with Crippen molar-refractivity contribution in [2.45, 2.75) is 12.8 Å². The lowest BCUT2D eigenvalue weighted by atomic mass is 10.1. The Morgan fingerprint density at radius 1 is 1.40 bits per heavy atom. The van der Waals surface area contributed by atoms with E-state index in [1.165, 1.54) is 10.9 Å². The number of halogens is 2. The van der Waals surface area contributed by atoms with Gasteiger partial charge in [-0.05, 0) is 18.9 Å². The molecule has 1 aliphatic rings. The highest BCUT2D eigenvalue weighted by molar-refractivity contribution is 6.41. The van der Waals surface area contributed by atoms with Crippen LogP contribution in [-0.2, 0) is 0 Å². The van der Waals surface area contributed by atoms with Crippen LogP contribution in [0.3, 0.4) is 0 Å². The smallest absolute Gasteiger partial charge is 0.266 e. The molecular weight excluding hydrogens is 235 g/mol. The second-order valence-corrected chi connectivity index (χ2v) is 3.93. The molecule has 0 aliphatic heterocycles. The number of allylic oxidation sites excluding steroid dienone is 4. The van der Waals surface area contributed by atoms with Crippen LogP contribution in [0.1, 0.15) is 12.8 Å². The van der Waals surface area contributed by atoms with Crippen LogP contribution in [0.2, 0.25) is 10.0 Å². The summed E-state index contributed by atoms with van der Waals surface area (Å²) >= 11 is 11.4. The molecule has 0 atom stereocenters. The van der Waals surface area contributed by atoms with E-state index >= 15 is 0 Å². The normalized spacial score (nSPS) is 15.2. The fraction of sp³-hybridized carbons (Fsp3) is 0.200. The highest BCUT2D eigenvalue weighted by Crippen LogP contribution is 2.18. The molecule has 0 fully saturated rings. The van der Waals surface area contributed by atoms with Crippen molar-refractivity contribution >= 4 is 28.9 Å². The molecule has 78 valence electrons. The van der Waals surface area contributed by atoms with Crippen LogP contribution in [0.4, 0.5) is 0 Å². The lowest BCUT2D eigenvalue weighted by Gasteiger charge is -2.10. The molecule has 15 heavy (non-hydrogen) atoms. The van der Waals surface area contributed by atoms with Crippen LogP contribution in [0, 0.1) is 0 Å². The molecule has 1 aromatic heterocycles. The Balaban J connectivity index is 2.54. The van der Waals surface area contributed by atoms with Crippen LogP contribution < -0.4 is 5.56 Å². The van der Waals surface area contributed by atoms with Crippen molar-refractivity contribution in [3.8, 4) is 0 Å². The van der Waals surface area contributed by atoms with E-state index in [1.807, 2.05) is 18.2 Å². The van der Waals surface area contributed by atoms with E-state index in [9.17, 15) is 4.79 Å². The number of hydrogen-bond donors (Lipinski definition) is 0. The summed E-state index contributed by atoms with van der Waals surface area (Å²) in [6.45, 7) is 0. The van der Waals surface area contributed by atoms with Crippen LogP contribution in [0.25, 0.3) is 5.70 Å². The predicted molar refractivity (Wildman–Crippen MR) is 61.2 cm³/mol. The summed E-state index contributed by atoms with van der Waals surface area (Å²) in [4.78, 5) is 11.7. The van der Waals surface area contributed by atoms with Gasteiger partial charge in [-0.1, -0.05) is 35.4 Å². The van der Waals surface area contributed by atoms with Gasteiger partial charge in [0.15, 0.2) is 0 Å². The minimum Gasteiger partial charge on any atom is -0.266 e. The lowest BCUT2D eigenvalue weighted by Crippen LogP contribution is -2.22. The molecule has 0 radical (unpaired) electrons. The zero-order valence-electron chi connectivity index (χ0n) is 7.78. The second-order valence-electron chi connectivity index (χ2n) is 3.15. The molecule has 0 amide bonds.